The third-order valence-electron chi connectivity index (χ3n) is 3.38. The molecule has 0 radical (unpaired) electrons. The minimum atomic E-state index is -4.47. The molecule has 0 aromatic carbocycles. The fraction of sp³-hybridized carbons (Fsp3) is 0.417. The van der Waals surface area contributed by atoms with E-state index in [-0.39, 0.29) is 6.54 Å². The van der Waals surface area contributed by atoms with Crippen molar-refractivity contribution in [3.63, 3.8) is 0 Å². The molecule has 3 rings (SSSR count). The van der Waals surface area contributed by atoms with E-state index in [1.54, 1.807) is 18.3 Å². The summed E-state index contributed by atoms with van der Waals surface area (Å²) in [4.78, 5) is 6.13. The van der Waals surface area contributed by atoms with E-state index in [1.807, 2.05) is 4.90 Å². The van der Waals surface area contributed by atoms with Gasteiger partial charge in [-0.25, -0.2) is 0 Å². The Morgan fingerprint density at radius 2 is 2.05 bits per heavy atom. The Hall–Kier alpha value is -2.16. The molecule has 2 N–H and O–H groups in total. The molecule has 0 unspecified atom stereocenters. The molecule has 9 heteroatoms. The summed E-state index contributed by atoms with van der Waals surface area (Å²) in [5.41, 5.74) is 7.10. The van der Waals surface area contributed by atoms with E-state index in [2.05, 4.69) is 15.2 Å². The lowest BCUT2D eigenvalue weighted by atomic mass is 10.2. The van der Waals surface area contributed by atoms with Crippen molar-refractivity contribution in [3.05, 3.63) is 35.7 Å². The molecule has 2 aromatic rings. The molecule has 1 aliphatic heterocycles. The highest BCUT2D eigenvalue weighted by molar-refractivity contribution is 5.41. The van der Waals surface area contributed by atoms with E-state index in [9.17, 15) is 13.2 Å². The summed E-state index contributed by atoms with van der Waals surface area (Å²) >= 11 is 0. The number of anilines is 1. The second-order valence-electron chi connectivity index (χ2n) is 4.84. The second kappa shape index (κ2) is 4.99. The van der Waals surface area contributed by atoms with Gasteiger partial charge < -0.3 is 10.3 Å². The van der Waals surface area contributed by atoms with Gasteiger partial charge in [0.25, 0.3) is 0 Å². The summed E-state index contributed by atoms with van der Waals surface area (Å²) in [6.45, 7) is 1.42. The molecule has 0 fully saturated rings. The Kier molecular flexibility index (Phi) is 3.28. The maximum Gasteiger partial charge on any atom is 0.451 e. The molecule has 0 bridgehead atoms. The summed E-state index contributed by atoms with van der Waals surface area (Å²) in [5, 5.41) is 6.89. The van der Waals surface area contributed by atoms with Crippen LogP contribution in [-0.2, 0) is 25.8 Å². The Morgan fingerprint density at radius 3 is 2.76 bits per heavy atom. The molecule has 0 spiro atoms. The fourth-order valence-electron chi connectivity index (χ4n) is 2.35. The summed E-state index contributed by atoms with van der Waals surface area (Å²) in [6.07, 6.45) is -2.83. The number of rotatable bonds is 2. The van der Waals surface area contributed by atoms with Crippen LogP contribution in [0.5, 0.6) is 0 Å². The van der Waals surface area contributed by atoms with Gasteiger partial charge in [0, 0.05) is 25.8 Å². The van der Waals surface area contributed by atoms with Crippen molar-refractivity contribution in [1.82, 2.24) is 24.6 Å². The minimum Gasteiger partial charge on any atom is -0.397 e. The van der Waals surface area contributed by atoms with Crippen LogP contribution in [0.15, 0.2) is 18.3 Å². The quantitative estimate of drug-likeness (QED) is 0.904. The van der Waals surface area contributed by atoms with Crippen molar-refractivity contribution < 1.29 is 13.2 Å². The van der Waals surface area contributed by atoms with Crippen LogP contribution in [0.1, 0.15) is 17.3 Å². The zero-order valence-corrected chi connectivity index (χ0v) is 11.0. The number of hydrogen-bond acceptors (Lipinski definition) is 5. The lowest BCUT2D eigenvalue weighted by Gasteiger charge is -2.27. The molecule has 0 aliphatic carbocycles. The first-order chi connectivity index (χ1) is 9.95. The van der Waals surface area contributed by atoms with Gasteiger partial charge in [-0.1, -0.05) is 0 Å². The molecule has 6 nitrogen and oxygen atoms in total. The van der Waals surface area contributed by atoms with Crippen molar-refractivity contribution in [2.24, 2.45) is 0 Å². The first-order valence-electron chi connectivity index (χ1n) is 6.36. The average molecular weight is 298 g/mol. The van der Waals surface area contributed by atoms with Gasteiger partial charge >= 0.3 is 6.18 Å². The largest absolute Gasteiger partial charge is 0.451 e. The predicted molar refractivity (Wildman–Crippen MR) is 67.8 cm³/mol. The van der Waals surface area contributed by atoms with E-state index in [1.165, 1.54) is 0 Å². The number of nitrogens with two attached hydrogens (primary N) is 1. The number of hydrogen-bond donors (Lipinski definition) is 1. The Bertz CT molecular complexity index is 651. The first kappa shape index (κ1) is 13.8. The van der Waals surface area contributed by atoms with Gasteiger partial charge in [-0.15, -0.1) is 10.2 Å². The molecular weight excluding hydrogens is 285 g/mol. The van der Waals surface area contributed by atoms with Crippen molar-refractivity contribution >= 4 is 5.69 Å². The van der Waals surface area contributed by atoms with E-state index in [0.29, 0.717) is 36.8 Å². The Morgan fingerprint density at radius 1 is 1.24 bits per heavy atom. The zero-order valence-electron chi connectivity index (χ0n) is 11.0. The van der Waals surface area contributed by atoms with Crippen molar-refractivity contribution in [2.75, 3.05) is 12.3 Å². The van der Waals surface area contributed by atoms with Crippen LogP contribution in [0.2, 0.25) is 0 Å². The van der Waals surface area contributed by atoms with Crippen LogP contribution >= 0.6 is 0 Å². The standard InChI is InChI=1S/C12H13F3N6/c13-12(14,15)11-19-18-10-7-20(4-5-21(10)11)6-9-8(16)2-1-3-17-9/h1-3H,4-7,16H2. The van der Waals surface area contributed by atoms with Crippen molar-refractivity contribution in [1.29, 1.82) is 0 Å². The molecule has 0 amide bonds. The maximum absolute atomic E-state index is 12.7. The molecule has 3 heterocycles. The lowest BCUT2D eigenvalue weighted by molar-refractivity contribution is -0.148. The molecular formula is C12H13F3N6. The van der Waals surface area contributed by atoms with Crippen LogP contribution in [0, 0.1) is 0 Å². The Labute approximate surface area is 118 Å². The number of halogens is 3. The van der Waals surface area contributed by atoms with Gasteiger partial charge in [0.2, 0.25) is 5.82 Å². The minimum absolute atomic E-state index is 0.198. The maximum atomic E-state index is 12.7. The number of nitrogen functional groups attached to an aromatic ring is 1. The third kappa shape index (κ3) is 2.68. The summed E-state index contributed by atoms with van der Waals surface area (Å²) in [6, 6.07) is 3.48. The Balaban J connectivity index is 1.77. The van der Waals surface area contributed by atoms with E-state index >= 15 is 0 Å². The molecule has 112 valence electrons. The van der Waals surface area contributed by atoms with Gasteiger partial charge in [0.15, 0.2) is 0 Å². The molecule has 1 aliphatic rings. The van der Waals surface area contributed by atoms with Gasteiger partial charge in [-0.2, -0.15) is 13.2 Å². The molecule has 0 atom stereocenters. The van der Waals surface area contributed by atoms with E-state index in [4.69, 9.17) is 5.73 Å². The van der Waals surface area contributed by atoms with Crippen LogP contribution < -0.4 is 5.73 Å². The predicted octanol–water partition coefficient (Wildman–Crippen LogP) is 1.29. The topological polar surface area (TPSA) is 72.9 Å². The van der Waals surface area contributed by atoms with Gasteiger partial charge in [-0.05, 0) is 12.1 Å². The number of aromatic nitrogens is 4. The second-order valence-corrected chi connectivity index (χ2v) is 4.84. The van der Waals surface area contributed by atoms with Crippen LogP contribution in [0.25, 0.3) is 0 Å². The summed E-state index contributed by atoms with van der Waals surface area (Å²) in [5.74, 6) is -0.627. The lowest BCUT2D eigenvalue weighted by Crippen LogP contribution is -2.35. The molecule has 21 heavy (non-hydrogen) atoms. The SMILES string of the molecule is Nc1cccnc1CN1CCn2c(nnc2C(F)(F)F)C1. The summed E-state index contributed by atoms with van der Waals surface area (Å²) in [7, 11) is 0. The number of nitrogens with zero attached hydrogens (tertiary/aromatic N) is 5. The van der Waals surface area contributed by atoms with Crippen LogP contribution in [0.3, 0.4) is 0 Å². The van der Waals surface area contributed by atoms with Crippen LogP contribution in [-0.4, -0.2) is 31.2 Å². The van der Waals surface area contributed by atoms with Crippen molar-refractivity contribution in [3.8, 4) is 0 Å². The average Bonchev–Trinajstić information content (AvgIpc) is 2.84. The van der Waals surface area contributed by atoms with Crippen molar-refractivity contribution in [2.45, 2.75) is 25.8 Å². The smallest absolute Gasteiger partial charge is 0.397 e. The normalized spacial score (nSPS) is 16.0. The van der Waals surface area contributed by atoms with E-state index in [0.717, 1.165) is 4.57 Å². The number of alkyl halides is 3. The highest BCUT2D eigenvalue weighted by Crippen LogP contribution is 2.29. The third-order valence-corrected chi connectivity index (χ3v) is 3.38. The monoisotopic (exact) mass is 298 g/mol. The summed E-state index contributed by atoms with van der Waals surface area (Å²) < 4.78 is 39.4. The number of pyridine rings is 1. The molecule has 0 saturated carbocycles. The first-order valence-corrected chi connectivity index (χ1v) is 6.36. The highest BCUT2D eigenvalue weighted by atomic mass is 19.4. The van der Waals surface area contributed by atoms with Gasteiger partial charge in [0.05, 0.1) is 17.9 Å². The molecule has 0 saturated heterocycles. The van der Waals surface area contributed by atoms with Gasteiger partial charge in [0.1, 0.15) is 5.82 Å². The van der Waals surface area contributed by atoms with Gasteiger partial charge in [-0.3, -0.25) is 9.88 Å². The fourth-order valence-corrected chi connectivity index (χ4v) is 2.35. The number of fused-ring (bicyclic) bond motifs is 1. The van der Waals surface area contributed by atoms with E-state index < -0.39 is 12.0 Å². The highest BCUT2D eigenvalue weighted by Gasteiger charge is 2.39. The molecule has 2 aromatic heterocycles. The zero-order chi connectivity index (χ0) is 15.0. The van der Waals surface area contributed by atoms with Crippen LogP contribution in [0.4, 0.5) is 18.9 Å².